The quantitative estimate of drug-likeness (QED) is 0.853. The highest BCUT2D eigenvalue weighted by Crippen LogP contribution is 2.37. The minimum Gasteiger partial charge on any atom is -0.481 e. The second-order valence-electron chi connectivity index (χ2n) is 7.07. The maximum absolute atomic E-state index is 11.2. The van der Waals surface area contributed by atoms with Crippen LogP contribution in [0.25, 0.3) is 0 Å². The van der Waals surface area contributed by atoms with Gasteiger partial charge in [-0.1, -0.05) is 27.2 Å². The third kappa shape index (κ3) is 3.50. The Labute approximate surface area is 117 Å². The fraction of sp³-hybridized carbons (Fsp3) is 0.938. The maximum atomic E-state index is 11.2. The minimum absolute atomic E-state index is 0.140. The Morgan fingerprint density at radius 1 is 1.26 bits per heavy atom. The smallest absolute Gasteiger partial charge is 0.307 e. The predicted molar refractivity (Wildman–Crippen MR) is 77.1 cm³/mol. The number of piperidine rings is 1. The normalized spacial score (nSPS) is 37.5. The molecule has 0 aromatic rings. The van der Waals surface area contributed by atoms with Gasteiger partial charge in [0.25, 0.3) is 0 Å². The zero-order chi connectivity index (χ0) is 14.0. The lowest BCUT2D eigenvalue weighted by Crippen LogP contribution is -2.50. The molecule has 1 saturated carbocycles. The van der Waals surface area contributed by atoms with E-state index in [1.54, 1.807) is 0 Å². The van der Waals surface area contributed by atoms with Gasteiger partial charge in [0, 0.05) is 12.6 Å². The van der Waals surface area contributed by atoms with E-state index in [2.05, 4.69) is 25.7 Å². The fourth-order valence-corrected chi connectivity index (χ4v) is 4.08. The van der Waals surface area contributed by atoms with Crippen LogP contribution in [0.5, 0.6) is 0 Å². The molecule has 0 amide bonds. The molecule has 3 nitrogen and oxygen atoms in total. The Bertz CT molecular complexity index is 316. The molecule has 0 bridgehead atoms. The van der Waals surface area contributed by atoms with Crippen molar-refractivity contribution in [2.24, 2.45) is 23.7 Å². The molecule has 2 rings (SSSR count). The van der Waals surface area contributed by atoms with Gasteiger partial charge in [-0.3, -0.25) is 9.69 Å². The second kappa shape index (κ2) is 6.25. The third-order valence-electron chi connectivity index (χ3n) is 5.26. The summed E-state index contributed by atoms with van der Waals surface area (Å²) in [5.74, 6) is 1.52. The first kappa shape index (κ1) is 14.8. The molecule has 0 radical (unpaired) electrons. The average molecular weight is 267 g/mol. The van der Waals surface area contributed by atoms with Crippen molar-refractivity contribution >= 4 is 5.97 Å². The van der Waals surface area contributed by atoms with Gasteiger partial charge in [0.05, 0.1) is 5.92 Å². The van der Waals surface area contributed by atoms with Crippen LogP contribution in [0, 0.1) is 23.7 Å². The highest BCUT2D eigenvalue weighted by Gasteiger charge is 2.37. The van der Waals surface area contributed by atoms with E-state index in [1.807, 2.05) is 0 Å². The van der Waals surface area contributed by atoms with Crippen LogP contribution in [-0.4, -0.2) is 35.1 Å². The molecule has 2 fully saturated rings. The molecule has 2 aliphatic rings. The first-order chi connectivity index (χ1) is 8.99. The Balaban J connectivity index is 2.05. The van der Waals surface area contributed by atoms with Crippen molar-refractivity contribution in [3.63, 3.8) is 0 Å². The highest BCUT2D eigenvalue weighted by atomic mass is 16.4. The van der Waals surface area contributed by atoms with Crippen molar-refractivity contribution in [1.29, 1.82) is 0 Å². The number of carboxylic acid groups (broad SMARTS) is 1. The molecule has 3 heteroatoms. The molecule has 0 spiro atoms. The van der Waals surface area contributed by atoms with E-state index in [0.717, 1.165) is 37.8 Å². The topological polar surface area (TPSA) is 40.5 Å². The van der Waals surface area contributed by atoms with E-state index >= 15 is 0 Å². The molecule has 0 aromatic heterocycles. The van der Waals surface area contributed by atoms with Crippen LogP contribution in [-0.2, 0) is 4.79 Å². The number of likely N-dealkylation sites (tertiary alicyclic amines) is 1. The van der Waals surface area contributed by atoms with Gasteiger partial charge in [-0.2, -0.15) is 0 Å². The molecule has 1 aliphatic carbocycles. The molecule has 4 atom stereocenters. The van der Waals surface area contributed by atoms with Gasteiger partial charge in [-0.05, 0) is 50.0 Å². The molecule has 1 N–H and O–H groups in total. The SMILES string of the molecule is CC1CCC(C(C)C)C(N2CCCC(C(=O)O)C2)C1. The number of rotatable bonds is 3. The minimum atomic E-state index is -0.602. The molecule has 1 saturated heterocycles. The number of carbonyl (C=O) groups is 1. The van der Waals surface area contributed by atoms with E-state index in [0.29, 0.717) is 12.0 Å². The second-order valence-corrected chi connectivity index (χ2v) is 7.07. The first-order valence-electron chi connectivity index (χ1n) is 7.96. The summed E-state index contributed by atoms with van der Waals surface area (Å²) >= 11 is 0. The molecule has 0 aromatic carbocycles. The van der Waals surface area contributed by atoms with Crippen molar-refractivity contribution in [1.82, 2.24) is 4.90 Å². The van der Waals surface area contributed by atoms with Crippen LogP contribution in [0.15, 0.2) is 0 Å². The maximum Gasteiger partial charge on any atom is 0.307 e. The fourth-order valence-electron chi connectivity index (χ4n) is 4.08. The molecule has 4 unspecified atom stereocenters. The van der Waals surface area contributed by atoms with Gasteiger partial charge in [0.15, 0.2) is 0 Å². The Morgan fingerprint density at radius 2 is 2.00 bits per heavy atom. The van der Waals surface area contributed by atoms with Crippen molar-refractivity contribution < 1.29 is 9.90 Å². The number of carboxylic acids is 1. The van der Waals surface area contributed by atoms with Crippen molar-refractivity contribution in [2.45, 2.75) is 58.9 Å². The van der Waals surface area contributed by atoms with E-state index in [4.69, 9.17) is 0 Å². The third-order valence-corrected chi connectivity index (χ3v) is 5.26. The summed E-state index contributed by atoms with van der Waals surface area (Å²) in [6.07, 6.45) is 5.83. The summed E-state index contributed by atoms with van der Waals surface area (Å²) in [4.78, 5) is 13.7. The lowest BCUT2D eigenvalue weighted by Gasteiger charge is -2.46. The molecular formula is C16H29NO2. The number of aliphatic carboxylic acids is 1. The summed E-state index contributed by atoms with van der Waals surface area (Å²) in [6, 6.07) is 0.617. The summed E-state index contributed by atoms with van der Waals surface area (Å²) in [5, 5.41) is 9.25. The zero-order valence-corrected chi connectivity index (χ0v) is 12.6. The molecule has 1 aliphatic heterocycles. The van der Waals surface area contributed by atoms with E-state index in [9.17, 15) is 9.90 Å². The largest absolute Gasteiger partial charge is 0.481 e. The van der Waals surface area contributed by atoms with Crippen LogP contribution in [0.1, 0.15) is 52.9 Å². The number of hydrogen-bond donors (Lipinski definition) is 1. The Morgan fingerprint density at radius 3 is 2.63 bits per heavy atom. The van der Waals surface area contributed by atoms with Gasteiger partial charge in [-0.25, -0.2) is 0 Å². The Kier molecular flexibility index (Phi) is 4.88. The highest BCUT2D eigenvalue weighted by molar-refractivity contribution is 5.70. The summed E-state index contributed by atoms with van der Waals surface area (Å²) in [7, 11) is 0. The van der Waals surface area contributed by atoms with Gasteiger partial charge < -0.3 is 5.11 Å². The molecule has 1 heterocycles. The van der Waals surface area contributed by atoms with Crippen molar-refractivity contribution in [3.8, 4) is 0 Å². The van der Waals surface area contributed by atoms with E-state index in [1.165, 1.54) is 19.3 Å². The Hall–Kier alpha value is -0.570. The van der Waals surface area contributed by atoms with Crippen molar-refractivity contribution in [3.05, 3.63) is 0 Å². The van der Waals surface area contributed by atoms with Crippen molar-refractivity contribution in [2.75, 3.05) is 13.1 Å². The van der Waals surface area contributed by atoms with Gasteiger partial charge >= 0.3 is 5.97 Å². The average Bonchev–Trinajstić information content (AvgIpc) is 2.38. The van der Waals surface area contributed by atoms with Crippen LogP contribution in [0.4, 0.5) is 0 Å². The van der Waals surface area contributed by atoms with Gasteiger partial charge in [0.1, 0.15) is 0 Å². The van der Waals surface area contributed by atoms with Crippen LogP contribution >= 0.6 is 0 Å². The van der Waals surface area contributed by atoms with Gasteiger partial charge in [0.2, 0.25) is 0 Å². The van der Waals surface area contributed by atoms with Crippen LogP contribution in [0.3, 0.4) is 0 Å². The van der Waals surface area contributed by atoms with Gasteiger partial charge in [-0.15, -0.1) is 0 Å². The lowest BCUT2D eigenvalue weighted by atomic mass is 9.72. The van der Waals surface area contributed by atoms with Crippen LogP contribution in [0.2, 0.25) is 0 Å². The first-order valence-corrected chi connectivity index (χ1v) is 7.96. The molecule has 110 valence electrons. The van der Waals surface area contributed by atoms with E-state index in [-0.39, 0.29) is 5.92 Å². The lowest BCUT2D eigenvalue weighted by molar-refractivity contribution is -0.144. The molecular weight excluding hydrogens is 238 g/mol. The number of nitrogens with zero attached hydrogens (tertiary/aromatic N) is 1. The zero-order valence-electron chi connectivity index (χ0n) is 12.6. The summed E-state index contributed by atoms with van der Waals surface area (Å²) in [6.45, 7) is 8.88. The van der Waals surface area contributed by atoms with Crippen LogP contribution < -0.4 is 0 Å². The monoisotopic (exact) mass is 267 g/mol. The summed E-state index contributed by atoms with van der Waals surface area (Å²) in [5.41, 5.74) is 0. The number of hydrogen-bond acceptors (Lipinski definition) is 2. The van der Waals surface area contributed by atoms with E-state index < -0.39 is 5.97 Å². The predicted octanol–water partition coefficient (Wildman–Crippen LogP) is 3.24. The summed E-state index contributed by atoms with van der Waals surface area (Å²) < 4.78 is 0. The standard InChI is InChI=1S/C16H29NO2/c1-11(2)14-7-6-12(3)9-15(14)17-8-4-5-13(10-17)16(18)19/h11-15H,4-10H2,1-3H3,(H,18,19). The molecule has 19 heavy (non-hydrogen) atoms.